The number of amides is 1. The summed E-state index contributed by atoms with van der Waals surface area (Å²) in [6.07, 6.45) is -0.599. The molecule has 9 heteroatoms. The number of nitrogens with zero attached hydrogens (tertiary/aromatic N) is 1. The molecule has 3 aliphatic heterocycles. The van der Waals surface area contributed by atoms with E-state index in [0.29, 0.717) is 16.4 Å². The molecule has 3 aliphatic rings. The molecule has 2 bridgehead atoms. The van der Waals surface area contributed by atoms with Gasteiger partial charge in [-0.05, 0) is 30.7 Å². The number of carbonyl (C=O) groups is 2. The van der Waals surface area contributed by atoms with Gasteiger partial charge in [-0.1, -0.05) is 0 Å². The van der Waals surface area contributed by atoms with E-state index in [-0.39, 0.29) is 11.9 Å². The van der Waals surface area contributed by atoms with Crippen LogP contribution in [0.2, 0.25) is 0 Å². The maximum atomic E-state index is 11.1. The van der Waals surface area contributed by atoms with Gasteiger partial charge < -0.3 is 15.8 Å². The molecule has 0 saturated carbocycles. The molecule has 0 aliphatic carbocycles. The summed E-state index contributed by atoms with van der Waals surface area (Å²) in [6, 6.07) is 5.93. The number of hydrogen-bond acceptors (Lipinski definition) is 7. The topological polar surface area (TPSA) is 125 Å². The van der Waals surface area contributed by atoms with Gasteiger partial charge >= 0.3 is 12.2 Å². The van der Waals surface area contributed by atoms with Crippen molar-refractivity contribution in [3.63, 3.8) is 0 Å². The van der Waals surface area contributed by atoms with Crippen molar-refractivity contribution in [2.75, 3.05) is 6.54 Å². The third kappa shape index (κ3) is 3.74. The molecule has 3 heterocycles. The number of fused-ring (bicyclic) bond motifs is 4. The van der Waals surface area contributed by atoms with E-state index in [1.54, 1.807) is 0 Å². The number of ether oxygens (including phenoxy) is 1. The average molecular weight is 325 g/mol. The Kier molecular flexibility index (Phi) is 4.99. The minimum absolute atomic E-state index is 0.146. The number of nitrogens with one attached hydrogen (secondary N) is 1. The van der Waals surface area contributed by atoms with E-state index in [0.717, 1.165) is 13.0 Å². The van der Waals surface area contributed by atoms with Crippen molar-refractivity contribution < 1.29 is 19.2 Å². The summed E-state index contributed by atoms with van der Waals surface area (Å²) in [5.41, 5.74) is 5.75. The molecule has 1 amide bonds. The third-order valence-electron chi connectivity index (χ3n) is 3.29. The molecular weight excluding hydrogens is 310 g/mol. The summed E-state index contributed by atoms with van der Waals surface area (Å²) in [4.78, 5) is 31.4. The first-order valence-corrected chi connectivity index (χ1v) is 7.05. The molecule has 3 atom stereocenters. The highest BCUT2D eigenvalue weighted by atomic mass is 32.1. The summed E-state index contributed by atoms with van der Waals surface area (Å²) < 4.78 is 4.62. The molecule has 3 unspecified atom stereocenters. The van der Waals surface area contributed by atoms with E-state index < -0.39 is 17.1 Å². The van der Waals surface area contributed by atoms with Crippen LogP contribution in [-0.2, 0) is 9.53 Å². The van der Waals surface area contributed by atoms with Crippen LogP contribution in [0.3, 0.4) is 0 Å². The maximum Gasteiger partial charge on any atom is 0.383 e. The fraction of sp³-hybridized carbons (Fsp3) is 0.385. The fourth-order valence-corrected chi connectivity index (χ4v) is 2.44. The van der Waals surface area contributed by atoms with Crippen LogP contribution in [0.25, 0.3) is 0 Å². The first kappa shape index (κ1) is 16.2. The van der Waals surface area contributed by atoms with E-state index in [9.17, 15) is 19.7 Å². The quantitative estimate of drug-likeness (QED) is 0.310. The molecule has 1 aromatic carbocycles. The van der Waals surface area contributed by atoms with Gasteiger partial charge in [0.05, 0.1) is 22.1 Å². The Labute approximate surface area is 131 Å². The summed E-state index contributed by atoms with van der Waals surface area (Å²) in [5, 5.41) is 13.7. The van der Waals surface area contributed by atoms with E-state index in [2.05, 4.69) is 22.7 Å². The van der Waals surface area contributed by atoms with Gasteiger partial charge in [0, 0.05) is 11.8 Å². The lowest BCUT2D eigenvalue weighted by Crippen LogP contribution is -2.36. The number of benzene rings is 1. The average Bonchev–Trinajstić information content (AvgIpc) is 2.78. The van der Waals surface area contributed by atoms with E-state index >= 15 is 0 Å². The summed E-state index contributed by atoms with van der Waals surface area (Å²) >= 11 is 4.18. The molecule has 22 heavy (non-hydrogen) atoms. The van der Waals surface area contributed by atoms with Crippen molar-refractivity contribution in [1.29, 1.82) is 0 Å². The van der Waals surface area contributed by atoms with Crippen LogP contribution < -0.4 is 11.1 Å². The number of carbonyl (C=O) groups excluding carboxylic acids is 2. The van der Waals surface area contributed by atoms with E-state index in [4.69, 9.17) is 5.73 Å². The van der Waals surface area contributed by atoms with Crippen molar-refractivity contribution in [2.24, 2.45) is 5.73 Å². The molecule has 0 spiro atoms. The number of esters is 1. The van der Waals surface area contributed by atoms with Gasteiger partial charge in [-0.15, -0.1) is 0 Å². The lowest BCUT2D eigenvalue weighted by atomic mass is 10.1. The van der Waals surface area contributed by atoms with Crippen LogP contribution in [0.4, 0.5) is 0 Å². The summed E-state index contributed by atoms with van der Waals surface area (Å²) in [5.74, 6) is -0.923. The van der Waals surface area contributed by atoms with Gasteiger partial charge in [0.1, 0.15) is 0 Å². The Hall–Kier alpha value is -2.13. The normalized spacial score (nSPS) is 25.7. The van der Waals surface area contributed by atoms with Gasteiger partial charge in [0.2, 0.25) is 5.91 Å². The third-order valence-corrected chi connectivity index (χ3v) is 3.69. The fourth-order valence-electron chi connectivity index (χ4n) is 2.12. The monoisotopic (exact) mass is 325 g/mol. The van der Waals surface area contributed by atoms with Gasteiger partial charge in [-0.2, -0.15) is 12.6 Å². The van der Waals surface area contributed by atoms with E-state index in [1.807, 2.05) is 0 Å². The van der Waals surface area contributed by atoms with Gasteiger partial charge in [0.15, 0.2) is 0 Å². The minimum atomic E-state index is -1.36. The predicted octanol–water partition coefficient (Wildman–Crippen LogP) is 0.264. The zero-order valence-electron chi connectivity index (χ0n) is 11.5. The molecular formula is C13H15N3O5S. The zero-order valence-corrected chi connectivity index (χ0v) is 12.4. The van der Waals surface area contributed by atoms with Crippen LogP contribution >= 0.6 is 12.6 Å². The highest BCUT2D eigenvalue weighted by Gasteiger charge is 2.31. The Morgan fingerprint density at radius 2 is 2.05 bits per heavy atom. The molecule has 4 rings (SSSR count). The Morgan fingerprint density at radius 3 is 2.45 bits per heavy atom. The Balaban J connectivity index is 0.000000172. The maximum absolute atomic E-state index is 11.1. The Morgan fingerprint density at radius 1 is 1.41 bits per heavy atom. The standard InChI is InChI=1S/C8H5NO4.C5H10N2OS/c10-8-6-3-1-5(2-4-6)7(13-8)9(11)12;6-5(8)4-1-3(9)2-7-4/h1-4,7H;3-4,7,9H,1-2H2,(H2,6,8). The number of thiol groups is 1. The van der Waals surface area contributed by atoms with Crippen molar-refractivity contribution in [2.45, 2.75) is 23.9 Å². The zero-order chi connectivity index (χ0) is 16.3. The molecule has 1 fully saturated rings. The second-order valence-corrected chi connectivity index (χ2v) is 5.65. The van der Waals surface area contributed by atoms with Crippen LogP contribution in [-0.4, -0.2) is 34.6 Å². The van der Waals surface area contributed by atoms with E-state index in [1.165, 1.54) is 24.3 Å². The van der Waals surface area contributed by atoms with Crippen molar-refractivity contribution in [3.05, 3.63) is 45.5 Å². The van der Waals surface area contributed by atoms with Crippen molar-refractivity contribution >= 4 is 24.5 Å². The highest BCUT2D eigenvalue weighted by molar-refractivity contribution is 7.81. The second-order valence-electron chi connectivity index (χ2n) is 4.92. The predicted molar refractivity (Wildman–Crippen MR) is 80.0 cm³/mol. The molecule has 118 valence electrons. The largest absolute Gasteiger partial charge is 0.390 e. The van der Waals surface area contributed by atoms with Crippen LogP contribution in [0.15, 0.2) is 24.3 Å². The van der Waals surface area contributed by atoms with Crippen LogP contribution in [0, 0.1) is 10.1 Å². The Bertz CT molecular complexity index is 592. The SMILES string of the molecule is NC(=O)C1CC(S)CN1.O=C1OC([N+](=O)[O-])c2ccc1cc2. The van der Waals surface area contributed by atoms with Crippen LogP contribution in [0.1, 0.15) is 28.6 Å². The summed E-state index contributed by atoms with van der Waals surface area (Å²) in [6.45, 7) is 0.788. The number of hydrogen-bond donors (Lipinski definition) is 3. The molecule has 0 radical (unpaired) electrons. The lowest BCUT2D eigenvalue weighted by molar-refractivity contribution is -0.574. The molecule has 1 saturated heterocycles. The van der Waals surface area contributed by atoms with Gasteiger partial charge in [-0.3, -0.25) is 14.9 Å². The van der Waals surface area contributed by atoms with Crippen LogP contribution in [0.5, 0.6) is 0 Å². The first-order valence-electron chi connectivity index (χ1n) is 6.53. The number of nitrogens with two attached hydrogens (primary N) is 1. The smallest absolute Gasteiger partial charge is 0.383 e. The number of nitro groups is 1. The highest BCUT2D eigenvalue weighted by Crippen LogP contribution is 2.24. The summed E-state index contributed by atoms with van der Waals surface area (Å²) in [7, 11) is 0. The number of rotatable bonds is 2. The second kappa shape index (κ2) is 6.75. The lowest BCUT2D eigenvalue weighted by Gasteiger charge is -2.05. The first-order chi connectivity index (χ1) is 10.4. The molecule has 8 nitrogen and oxygen atoms in total. The minimum Gasteiger partial charge on any atom is -0.390 e. The van der Waals surface area contributed by atoms with Gasteiger partial charge in [-0.25, -0.2) is 4.79 Å². The number of primary amides is 1. The van der Waals surface area contributed by atoms with Gasteiger partial charge in [0.25, 0.3) is 0 Å². The molecule has 1 aromatic rings. The molecule has 3 N–H and O–H groups in total. The van der Waals surface area contributed by atoms with Crippen molar-refractivity contribution in [1.82, 2.24) is 5.32 Å². The van der Waals surface area contributed by atoms with Crippen molar-refractivity contribution in [3.8, 4) is 0 Å². The molecule has 0 aromatic heterocycles.